The average Bonchev–Trinajstić information content (AvgIpc) is 2.43. The minimum absolute atomic E-state index is 0.0427. The maximum Gasteiger partial charge on any atom is 0.254 e. The van der Waals surface area contributed by atoms with Crippen LogP contribution in [0.4, 0.5) is 0 Å². The summed E-state index contributed by atoms with van der Waals surface area (Å²) in [7, 11) is 1.82. The van der Waals surface area contributed by atoms with Crippen LogP contribution in [0.25, 0.3) is 0 Å². The normalized spacial score (nSPS) is 10.4. The summed E-state index contributed by atoms with van der Waals surface area (Å²) in [5.74, 6) is 0.0427. The van der Waals surface area contributed by atoms with Crippen LogP contribution < -0.4 is 0 Å². The fraction of sp³-hybridized carbons (Fsp3) is 0.235. The second-order valence-electron chi connectivity index (χ2n) is 5.04. The molecule has 0 aliphatic carbocycles. The van der Waals surface area contributed by atoms with E-state index in [1.54, 1.807) is 4.90 Å². The number of rotatable bonds is 3. The van der Waals surface area contributed by atoms with Gasteiger partial charge in [0, 0.05) is 24.2 Å². The fourth-order valence-corrected chi connectivity index (χ4v) is 2.25. The van der Waals surface area contributed by atoms with Gasteiger partial charge in [-0.3, -0.25) is 4.79 Å². The highest BCUT2D eigenvalue weighted by atomic mass is 35.5. The van der Waals surface area contributed by atoms with Crippen LogP contribution >= 0.6 is 11.6 Å². The van der Waals surface area contributed by atoms with Crippen LogP contribution in [-0.4, -0.2) is 17.9 Å². The van der Waals surface area contributed by atoms with Crippen molar-refractivity contribution in [3.63, 3.8) is 0 Å². The predicted octanol–water partition coefficient (Wildman–Crippen LogP) is 4.23. The number of hydrogen-bond donors (Lipinski definition) is 0. The van der Waals surface area contributed by atoms with Crippen molar-refractivity contribution in [1.29, 1.82) is 0 Å². The first-order valence-corrected chi connectivity index (χ1v) is 6.93. The van der Waals surface area contributed by atoms with Gasteiger partial charge < -0.3 is 4.90 Å². The Hall–Kier alpha value is -1.80. The lowest BCUT2D eigenvalue weighted by atomic mass is 10.0. The van der Waals surface area contributed by atoms with Crippen LogP contribution in [0.2, 0.25) is 5.02 Å². The molecule has 0 spiro atoms. The third kappa shape index (κ3) is 3.20. The van der Waals surface area contributed by atoms with Gasteiger partial charge in [0.25, 0.3) is 5.91 Å². The standard InChI is InChI=1S/C17H18ClNO/c1-12-5-4-6-16(13(12)2)17(20)19(3)11-14-7-9-15(18)10-8-14/h4-10H,11H2,1-3H3. The number of halogens is 1. The Morgan fingerprint density at radius 2 is 1.75 bits per heavy atom. The third-order valence-electron chi connectivity index (χ3n) is 3.51. The van der Waals surface area contributed by atoms with Crippen molar-refractivity contribution in [3.8, 4) is 0 Å². The molecule has 0 saturated heterocycles. The minimum Gasteiger partial charge on any atom is -0.337 e. The molecule has 104 valence electrons. The smallest absolute Gasteiger partial charge is 0.254 e. The molecule has 2 nitrogen and oxygen atoms in total. The first-order chi connectivity index (χ1) is 9.49. The molecule has 0 heterocycles. The molecule has 0 bridgehead atoms. The van der Waals surface area contributed by atoms with E-state index < -0.39 is 0 Å². The van der Waals surface area contributed by atoms with E-state index in [-0.39, 0.29) is 5.91 Å². The van der Waals surface area contributed by atoms with Gasteiger partial charge in [0.2, 0.25) is 0 Å². The Kier molecular flexibility index (Phi) is 4.46. The Balaban J connectivity index is 2.16. The highest BCUT2D eigenvalue weighted by molar-refractivity contribution is 6.30. The van der Waals surface area contributed by atoms with Crippen molar-refractivity contribution in [3.05, 3.63) is 69.7 Å². The molecule has 3 heteroatoms. The first kappa shape index (κ1) is 14.6. The van der Waals surface area contributed by atoms with Gasteiger partial charge in [-0.05, 0) is 48.7 Å². The molecule has 0 aliphatic rings. The number of amides is 1. The van der Waals surface area contributed by atoms with E-state index in [9.17, 15) is 4.79 Å². The molecule has 2 rings (SSSR count). The van der Waals surface area contributed by atoms with Gasteiger partial charge in [-0.15, -0.1) is 0 Å². The zero-order valence-electron chi connectivity index (χ0n) is 12.0. The van der Waals surface area contributed by atoms with Gasteiger partial charge in [-0.2, -0.15) is 0 Å². The molecule has 0 aliphatic heterocycles. The topological polar surface area (TPSA) is 20.3 Å². The maximum absolute atomic E-state index is 12.5. The highest BCUT2D eigenvalue weighted by Crippen LogP contribution is 2.16. The molecule has 0 radical (unpaired) electrons. The molecule has 2 aromatic carbocycles. The minimum atomic E-state index is 0.0427. The fourth-order valence-electron chi connectivity index (χ4n) is 2.12. The molecule has 0 N–H and O–H groups in total. The SMILES string of the molecule is Cc1cccc(C(=O)N(C)Cc2ccc(Cl)cc2)c1C. The molecule has 0 fully saturated rings. The van der Waals surface area contributed by atoms with Gasteiger partial charge in [-0.1, -0.05) is 35.9 Å². The molecule has 20 heavy (non-hydrogen) atoms. The van der Waals surface area contributed by atoms with E-state index in [2.05, 4.69) is 0 Å². The molecule has 1 amide bonds. The zero-order chi connectivity index (χ0) is 14.7. The van der Waals surface area contributed by atoms with E-state index in [1.165, 1.54) is 0 Å². The Labute approximate surface area is 125 Å². The van der Waals surface area contributed by atoms with Crippen LogP contribution in [0.15, 0.2) is 42.5 Å². The monoisotopic (exact) mass is 287 g/mol. The Morgan fingerprint density at radius 1 is 1.10 bits per heavy atom. The van der Waals surface area contributed by atoms with Crippen molar-refractivity contribution < 1.29 is 4.79 Å². The molecular weight excluding hydrogens is 270 g/mol. The zero-order valence-corrected chi connectivity index (χ0v) is 12.7. The second kappa shape index (κ2) is 6.10. The van der Waals surface area contributed by atoms with Crippen molar-refractivity contribution in [2.45, 2.75) is 20.4 Å². The summed E-state index contributed by atoms with van der Waals surface area (Å²) < 4.78 is 0. The van der Waals surface area contributed by atoms with E-state index in [4.69, 9.17) is 11.6 Å². The predicted molar refractivity (Wildman–Crippen MR) is 83.2 cm³/mol. The quantitative estimate of drug-likeness (QED) is 0.827. The number of nitrogens with zero attached hydrogens (tertiary/aromatic N) is 1. The summed E-state index contributed by atoms with van der Waals surface area (Å²) in [6.07, 6.45) is 0. The summed E-state index contributed by atoms with van der Waals surface area (Å²) >= 11 is 5.86. The number of aryl methyl sites for hydroxylation is 1. The molecule has 0 unspecified atom stereocenters. The lowest BCUT2D eigenvalue weighted by Crippen LogP contribution is -2.27. The van der Waals surface area contributed by atoms with Gasteiger partial charge in [0.05, 0.1) is 0 Å². The van der Waals surface area contributed by atoms with E-state index in [0.29, 0.717) is 11.6 Å². The molecule has 0 saturated carbocycles. The second-order valence-corrected chi connectivity index (χ2v) is 5.47. The van der Waals surface area contributed by atoms with Crippen LogP contribution in [0, 0.1) is 13.8 Å². The Morgan fingerprint density at radius 3 is 2.40 bits per heavy atom. The Bertz CT molecular complexity index is 619. The summed E-state index contributed by atoms with van der Waals surface area (Å²) in [5, 5.41) is 0.706. The molecule has 0 aromatic heterocycles. The lowest BCUT2D eigenvalue weighted by Gasteiger charge is -2.19. The first-order valence-electron chi connectivity index (χ1n) is 6.55. The van der Waals surface area contributed by atoms with Gasteiger partial charge in [-0.25, -0.2) is 0 Å². The number of carbonyl (C=O) groups is 1. The average molecular weight is 288 g/mol. The lowest BCUT2D eigenvalue weighted by molar-refractivity contribution is 0.0784. The summed E-state index contributed by atoms with van der Waals surface area (Å²) in [5.41, 5.74) is 4.01. The van der Waals surface area contributed by atoms with Crippen LogP contribution in [0.3, 0.4) is 0 Å². The van der Waals surface area contributed by atoms with E-state index in [0.717, 1.165) is 22.3 Å². The molecule has 0 atom stereocenters. The van der Waals surface area contributed by atoms with E-state index in [1.807, 2.05) is 63.4 Å². The molecular formula is C17H18ClNO. The van der Waals surface area contributed by atoms with Gasteiger partial charge in [0.1, 0.15) is 0 Å². The van der Waals surface area contributed by atoms with Crippen molar-refractivity contribution in [1.82, 2.24) is 4.90 Å². The van der Waals surface area contributed by atoms with Crippen molar-refractivity contribution in [2.24, 2.45) is 0 Å². The van der Waals surface area contributed by atoms with Gasteiger partial charge >= 0.3 is 0 Å². The number of benzene rings is 2. The van der Waals surface area contributed by atoms with Crippen LogP contribution in [0.1, 0.15) is 27.0 Å². The molecule has 2 aromatic rings. The maximum atomic E-state index is 12.5. The largest absolute Gasteiger partial charge is 0.337 e. The van der Waals surface area contributed by atoms with Crippen molar-refractivity contribution in [2.75, 3.05) is 7.05 Å². The summed E-state index contributed by atoms with van der Waals surface area (Å²) in [6.45, 7) is 4.58. The highest BCUT2D eigenvalue weighted by Gasteiger charge is 2.14. The van der Waals surface area contributed by atoms with Crippen LogP contribution in [0.5, 0.6) is 0 Å². The number of hydrogen-bond acceptors (Lipinski definition) is 1. The van der Waals surface area contributed by atoms with Crippen LogP contribution in [-0.2, 0) is 6.54 Å². The summed E-state index contributed by atoms with van der Waals surface area (Å²) in [6, 6.07) is 13.4. The van der Waals surface area contributed by atoms with Crippen molar-refractivity contribution >= 4 is 17.5 Å². The van der Waals surface area contributed by atoms with Gasteiger partial charge in [0.15, 0.2) is 0 Å². The number of carbonyl (C=O) groups excluding carboxylic acids is 1. The third-order valence-corrected chi connectivity index (χ3v) is 3.77. The summed E-state index contributed by atoms with van der Waals surface area (Å²) in [4.78, 5) is 14.2. The van der Waals surface area contributed by atoms with E-state index >= 15 is 0 Å².